The Labute approximate surface area is 234 Å². The zero-order chi connectivity index (χ0) is 27.3. The number of nitrogens with two attached hydrogens (primary N) is 1. The van der Waals surface area contributed by atoms with Gasteiger partial charge in [0.05, 0.1) is 29.0 Å². The van der Waals surface area contributed by atoms with E-state index in [1.54, 1.807) is 47.2 Å². The van der Waals surface area contributed by atoms with Gasteiger partial charge in [-0.1, -0.05) is 39.6 Å². The lowest BCUT2D eigenvalue weighted by Gasteiger charge is -2.18. The zero-order valence-electron chi connectivity index (χ0n) is 20.3. The van der Waals surface area contributed by atoms with Gasteiger partial charge in [0.2, 0.25) is 5.95 Å². The minimum Gasteiger partial charge on any atom is -0.380 e. The van der Waals surface area contributed by atoms with Crippen molar-refractivity contribution in [2.75, 3.05) is 5.73 Å². The molecule has 6 aromatic rings. The number of aromatic nitrogens is 7. The minimum absolute atomic E-state index is 0.0789. The van der Waals surface area contributed by atoms with E-state index in [0.717, 1.165) is 12.1 Å². The van der Waals surface area contributed by atoms with Gasteiger partial charge in [0.25, 0.3) is 5.56 Å². The molecule has 13 heteroatoms. The molecule has 40 heavy (non-hydrogen) atoms. The van der Waals surface area contributed by atoms with E-state index in [-0.39, 0.29) is 34.1 Å². The van der Waals surface area contributed by atoms with Gasteiger partial charge in [-0.25, -0.2) is 9.67 Å². The monoisotopic (exact) mass is 574 g/mol. The number of benzene rings is 2. The second-order valence-corrected chi connectivity index (χ2v) is 10.9. The fraction of sp³-hybridized carbons (Fsp3) is 0.148. The molecule has 1 aliphatic heterocycles. The van der Waals surface area contributed by atoms with Crippen molar-refractivity contribution in [1.29, 1.82) is 0 Å². The zero-order valence-corrected chi connectivity index (χ0v) is 21.9. The highest BCUT2D eigenvalue weighted by Gasteiger charge is 2.54. The Morgan fingerprint density at radius 3 is 2.80 bits per heavy atom. The predicted octanol–water partition coefficient (Wildman–Crippen LogP) is 5.36. The van der Waals surface area contributed by atoms with E-state index in [9.17, 15) is 4.79 Å². The highest BCUT2D eigenvalue weighted by atomic mass is 35.5. The molecular weight excluding hydrogens is 558 g/mol. The summed E-state index contributed by atoms with van der Waals surface area (Å²) >= 11 is 12.3. The van der Waals surface area contributed by atoms with Gasteiger partial charge in [-0.2, -0.15) is 4.39 Å². The van der Waals surface area contributed by atoms with Crippen LogP contribution in [0.5, 0.6) is 0 Å². The lowest BCUT2D eigenvalue weighted by molar-refractivity contribution is 0.460. The molecule has 0 radical (unpaired) electrons. The Hall–Kier alpha value is -4.48. The van der Waals surface area contributed by atoms with Crippen LogP contribution in [0.1, 0.15) is 29.8 Å². The van der Waals surface area contributed by atoms with Crippen molar-refractivity contribution in [3.63, 3.8) is 0 Å². The Kier molecular flexibility index (Phi) is 4.84. The number of H-pyrrole nitrogens is 1. The first kappa shape index (κ1) is 23.4. The molecule has 2 aromatic carbocycles. The highest BCUT2D eigenvalue weighted by Crippen LogP contribution is 2.61. The topological polar surface area (TPSA) is 133 Å². The number of nitrogens with one attached hydrogen (secondary N) is 1. The molecule has 8 rings (SSSR count). The van der Waals surface area contributed by atoms with Crippen LogP contribution in [0.25, 0.3) is 39.2 Å². The van der Waals surface area contributed by atoms with E-state index in [0.29, 0.717) is 44.2 Å². The Bertz CT molecular complexity index is 2060. The van der Waals surface area contributed by atoms with Gasteiger partial charge >= 0.3 is 0 Å². The standard InChI is InChI=1S/C27H17Cl2FN8O2/c28-13-2-4-18(37-10-21(29)34-36-37)15(8-13)12-5-19-16-9-17(16)24(38(19)22(39)7-12)23-25(30)33-27(32-23)11-1-3-14-20(6-11)40-35-26(14)31/h1-8,10,16-17,24H,9H2,(H2,31,35)(H,32,33). The number of aromatic amines is 1. The molecule has 198 valence electrons. The molecular formula is C27H17Cl2FN8O2. The third-order valence-corrected chi connectivity index (χ3v) is 8.15. The second-order valence-electron chi connectivity index (χ2n) is 10.0. The molecule has 0 amide bonds. The van der Waals surface area contributed by atoms with Crippen LogP contribution in [0.2, 0.25) is 10.2 Å². The van der Waals surface area contributed by atoms with Crippen molar-refractivity contribution in [3.8, 4) is 28.2 Å². The summed E-state index contributed by atoms with van der Waals surface area (Å²) < 4.78 is 23.8. The van der Waals surface area contributed by atoms with Gasteiger partial charge in [-0.3, -0.25) is 4.79 Å². The van der Waals surface area contributed by atoms with Crippen LogP contribution in [0.3, 0.4) is 0 Å². The molecule has 1 saturated carbocycles. The lowest BCUT2D eigenvalue weighted by atomic mass is 10.0. The number of nitrogens with zero attached hydrogens (tertiary/aromatic N) is 6. The number of halogens is 3. The first-order chi connectivity index (χ1) is 19.4. The first-order valence-corrected chi connectivity index (χ1v) is 13.2. The lowest BCUT2D eigenvalue weighted by Crippen LogP contribution is -2.26. The van der Waals surface area contributed by atoms with Crippen LogP contribution in [-0.4, -0.2) is 34.7 Å². The fourth-order valence-corrected chi connectivity index (χ4v) is 6.18. The Morgan fingerprint density at radius 2 is 1.98 bits per heavy atom. The predicted molar refractivity (Wildman–Crippen MR) is 146 cm³/mol. The average molecular weight is 575 g/mol. The number of anilines is 1. The van der Waals surface area contributed by atoms with E-state index in [2.05, 4.69) is 25.4 Å². The van der Waals surface area contributed by atoms with Crippen LogP contribution in [0.15, 0.2) is 64.0 Å². The van der Waals surface area contributed by atoms with E-state index in [4.69, 9.17) is 33.5 Å². The summed E-state index contributed by atoms with van der Waals surface area (Å²) in [6.07, 6.45) is 2.42. The summed E-state index contributed by atoms with van der Waals surface area (Å²) in [5.74, 6) is 0.168. The van der Waals surface area contributed by atoms with Crippen molar-refractivity contribution in [2.45, 2.75) is 18.4 Å². The van der Waals surface area contributed by atoms with Crippen molar-refractivity contribution < 1.29 is 8.91 Å². The largest absolute Gasteiger partial charge is 0.380 e. The van der Waals surface area contributed by atoms with Crippen LogP contribution in [0.4, 0.5) is 10.2 Å². The Morgan fingerprint density at radius 1 is 1.10 bits per heavy atom. The molecule has 3 N–H and O–H groups in total. The van der Waals surface area contributed by atoms with Gasteiger partial charge in [0.1, 0.15) is 5.82 Å². The number of hydrogen-bond donors (Lipinski definition) is 2. The molecule has 0 spiro atoms. The van der Waals surface area contributed by atoms with Crippen LogP contribution in [0, 0.1) is 11.9 Å². The van der Waals surface area contributed by atoms with Gasteiger partial charge in [0.15, 0.2) is 16.6 Å². The highest BCUT2D eigenvalue weighted by molar-refractivity contribution is 6.31. The number of nitrogen functional groups attached to an aromatic ring is 1. The third kappa shape index (κ3) is 3.44. The van der Waals surface area contributed by atoms with Crippen molar-refractivity contribution >= 4 is 40.0 Å². The molecule has 5 heterocycles. The normalized spacial score (nSPS) is 19.2. The number of hydrogen-bond acceptors (Lipinski definition) is 7. The maximum absolute atomic E-state index is 15.4. The van der Waals surface area contributed by atoms with Gasteiger partial charge < -0.3 is 19.8 Å². The summed E-state index contributed by atoms with van der Waals surface area (Å²) in [5, 5.41) is 13.1. The first-order valence-electron chi connectivity index (χ1n) is 12.4. The molecule has 1 fully saturated rings. The van der Waals surface area contributed by atoms with E-state index < -0.39 is 12.0 Å². The minimum atomic E-state index is -0.646. The van der Waals surface area contributed by atoms with E-state index in [1.165, 1.54) is 10.7 Å². The van der Waals surface area contributed by atoms with E-state index >= 15 is 4.39 Å². The van der Waals surface area contributed by atoms with E-state index in [1.807, 2.05) is 6.07 Å². The number of imidazole rings is 1. The molecule has 4 aromatic heterocycles. The van der Waals surface area contributed by atoms with Crippen molar-refractivity contribution in [2.24, 2.45) is 5.92 Å². The Balaban J connectivity index is 1.21. The third-order valence-electron chi connectivity index (χ3n) is 7.74. The number of pyridine rings is 1. The SMILES string of the molecule is Nc1noc2cc(-c3nc(F)c(C4C5CC5c5cc(-c6cc(Cl)ccc6-n6cc(Cl)nn6)cc(=O)n54)[nH]3)ccc12. The fourth-order valence-electron chi connectivity index (χ4n) is 5.88. The molecule has 10 nitrogen and oxygen atoms in total. The molecule has 2 aliphatic rings. The quantitative estimate of drug-likeness (QED) is 0.289. The van der Waals surface area contributed by atoms with Crippen LogP contribution < -0.4 is 11.3 Å². The molecule has 3 atom stereocenters. The van der Waals surface area contributed by atoms with Crippen LogP contribution >= 0.6 is 23.2 Å². The van der Waals surface area contributed by atoms with Crippen LogP contribution in [-0.2, 0) is 0 Å². The summed E-state index contributed by atoms with van der Waals surface area (Å²) in [4.78, 5) is 20.9. The average Bonchev–Trinajstić information content (AvgIpc) is 3.20. The number of rotatable bonds is 4. The van der Waals surface area contributed by atoms with Crippen molar-refractivity contribution in [1.82, 2.24) is 34.7 Å². The smallest absolute Gasteiger partial charge is 0.251 e. The second kappa shape index (κ2) is 8.26. The molecule has 1 aliphatic carbocycles. The van der Waals surface area contributed by atoms with Gasteiger partial charge in [-0.05, 0) is 54.3 Å². The van der Waals surface area contributed by atoms with Crippen molar-refractivity contribution in [3.05, 3.63) is 92.6 Å². The molecule has 0 saturated heterocycles. The molecule has 3 unspecified atom stereocenters. The summed E-state index contributed by atoms with van der Waals surface area (Å²) in [5.41, 5.74) is 9.81. The summed E-state index contributed by atoms with van der Waals surface area (Å²) in [6.45, 7) is 0. The molecule has 0 bridgehead atoms. The summed E-state index contributed by atoms with van der Waals surface area (Å²) in [7, 11) is 0. The van der Waals surface area contributed by atoms with Gasteiger partial charge in [-0.15, -0.1) is 5.10 Å². The number of fused-ring (bicyclic) bond motifs is 4. The van der Waals surface area contributed by atoms with Gasteiger partial charge in [0, 0.05) is 33.8 Å². The maximum atomic E-state index is 15.4. The maximum Gasteiger partial charge on any atom is 0.251 e. The summed E-state index contributed by atoms with van der Waals surface area (Å²) in [6, 6.07) is 13.5.